The molecule has 1 amide bonds. The van der Waals surface area contributed by atoms with Gasteiger partial charge in [0.25, 0.3) is 5.91 Å². The van der Waals surface area contributed by atoms with Crippen LogP contribution in [0.5, 0.6) is 5.75 Å². The van der Waals surface area contributed by atoms with Gasteiger partial charge in [0, 0.05) is 6.04 Å². The Morgan fingerprint density at radius 1 is 1.30 bits per heavy atom. The number of amides is 1. The maximum Gasteiger partial charge on any atom is 0.255 e. The molecule has 3 nitrogen and oxygen atoms in total. The number of aromatic hydroxyl groups is 1. The van der Waals surface area contributed by atoms with Crippen molar-refractivity contribution in [2.75, 3.05) is 0 Å². The van der Waals surface area contributed by atoms with E-state index < -0.39 is 0 Å². The largest absolute Gasteiger partial charge is 0.507 e. The number of nitrogens with one attached hydrogen (secondary N) is 1. The Kier molecular flexibility index (Phi) is 3.35. The highest BCUT2D eigenvalue weighted by atomic mass is 16.3. The lowest BCUT2D eigenvalue weighted by molar-refractivity contribution is 0.0935. The van der Waals surface area contributed by atoms with Gasteiger partial charge in [-0.1, -0.05) is 37.1 Å². The van der Waals surface area contributed by atoms with Gasteiger partial charge < -0.3 is 10.4 Å². The van der Waals surface area contributed by atoms with E-state index in [0.29, 0.717) is 5.56 Å². The van der Waals surface area contributed by atoms with Gasteiger partial charge in [0.15, 0.2) is 0 Å². The van der Waals surface area contributed by atoms with Crippen molar-refractivity contribution in [2.45, 2.75) is 32.2 Å². The summed E-state index contributed by atoms with van der Waals surface area (Å²) in [5, 5.41) is 14.9. The number of hydrogen-bond donors (Lipinski definition) is 2. The molecule has 20 heavy (non-hydrogen) atoms. The number of carbonyl (C=O) groups is 1. The molecule has 0 bridgehead atoms. The number of hydrogen-bond acceptors (Lipinski definition) is 2. The Morgan fingerprint density at radius 2 is 1.95 bits per heavy atom. The van der Waals surface area contributed by atoms with Gasteiger partial charge in [0.1, 0.15) is 5.75 Å². The van der Waals surface area contributed by atoms with Crippen LogP contribution in [0, 0.1) is 5.92 Å². The molecule has 2 aromatic carbocycles. The molecule has 0 aliphatic heterocycles. The summed E-state index contributed by atoms with van der Waals surface area (Å²) in [6, 6.07) is 11.3. The molecule has 1 saturated carbocycles. The smallest absolute Gasteiger partial charge is 0.255 e. The SMILES string of the molecule is CC(CC1CC1)NC(=O)c1cc2ccccc2cc1O. The summed E-state index contributed by atoms with van der Waals surface area (Å²) in [5.74, 6) is 0.622. The maximum absolute atomic E-state index is 12.3. The van der Waals surface area contributed by atoms with E-state index >= 15 is 0 Å². The van der Waals surface area contributed by atoms with E-state index in [1.54, 1.807) is 12.1 Å². The topological polar surface area (TPSA) is 49.3 Å². The van der Waals surface area contributed by atoms with Gasteiger partial charge >= 0.3 is 0 Å². The number of phenols is 1. The summed E-state index contributed by atoms with van der Waals surface area (Å²) in [6.07, 6.45) is 3.59. The summed E-state index contributed by atoms with van der Waals surface area (Å²) in [6.45, 7) is 2.02. The minimum Gasteiger partial charge on any atom is -0.507 e. The second-order valence-electron chi connectivity index (χ2n) is 5.77. The minimum atomic E-state index is -0.193. The van der Waals surface area contributed by atoms with E-state index in [4.69, 9.17) is 0 Å². The van der Waals surface area contributed by atoms with Crippen molar-refractivity contribution in [1.29, 1.82) is 0 Å². The van der Waals surface area contributed by atoms with Gasteiger partial charge in [-0.3, -0.25) is 4.79 Å². The van der Waals surface area contributed by atoms with Crippen LogP contribution in [0.1, 0.15) is 36.5 Å². The number of rotatable bonds is 4. The average Bonchev–Trinajstić information content (AvgIpc) is 3.21. The first-order chi connectivity index (χ1) is 9.63. The Labute approximate surface area is 118 Å². The van der Waals surface area contributed by atoms with Crippen LogP contribution in [0.15, 0.2) is 36.4 Å². The fraction of sp³-hybridized carbons (Fsp3) is 0.353. The first-order valence-corrected chi connectivity index (χ1v) is 7.16. The van der Waals surface area contributed by atoms with Crippen LogP contribution in [-0.2, 0) is 0 Å². The lowest BCUT2D eigenvalue weighted by Crippen LogP contribution is -2.32. The molecule has 104 valence electrons. The first-order valence-electron chi connectivity index (χ1n) is 7.16. The molecular weight excluding hydrogens is 250 g/mol. The summed E-state index contributed by atoms with van der Waals surface area (Å²) in [7, 11) is 0. The van der Waals surface area contributed by atoms with Gasteiger partial charge in [-0.05, 0) is 42.2 Å². The van der Waals surface area contributed by atoms with Crippen molar-refractivity contribution in [3.63, 3.8) is 0 Å². The first kappa shape index (κ1) is 13.0. The molecule has 0 aromatic heterocycles. The monoisotopic (exact) mass is 269 g/mol. The molecule has 1 fully saturated rings. The predicted octanol–water partition coefficient (Wildman–Crippen LogP) is 3.46. The number of phenolic OH excluding ortho intramolecular Hbond substituents is 1. The minimum absolute atomic E-state index is 0.0415. The van der Waals surface area contributed by atoms with Crippen LogP contribution in [0.3, 0.4) is 0 Å². The van der Waals surface area contributed by atoms with Crippen LogP contribution in [0.4, 0.5) is 0 Å². The van der Waals surface area contributed by atoms with E-state index in [-0.39, 0.29) is 17.7 Å². The molecule has 2 N–H and O–H groups in total. The molecule has 1 aliphatic rings. The molecule has 1 atom stereocenters. The fourth-order valence-electron chi connectivity index (χ4n) is 2.62. The summed E-state index contributed by atoms with van der Waals surface area (Å²) in [5.41, 5.74) is 0.353. The number of benzene rings is 2. The molecule has 0 saturated heterocycles. The van der Waals surface area contributed by atoms with Crippen molar-refractivity contribution < 1.29 is 9.90 Å². The highest BCUT2D eigenvalue weighted by Gasteiger charge is 2.24. The normalized spacial score (nSPS) is 16.1. The van der Waals surface area contributed by atoms with E-state index in [2.05, 4.69) is 5.32 Å². The van der Waals surface area contributed by atoms with Crippen LogP contribution >= 0.6 is 0 Å². The van der Waals surface area contributed by atoms with Gasteiger partial charge in [-0.15, -0.1) is 0 Å². The van der Waals surface area contributed by atoms with Gasteiger partial charge in [0.2, 0.25) is 0 Å². The quantitative estimate of drug-likeness (QED) is 0.893. The Hall–Kier alpha value is -2.03. The Bertz CT molecular complexity index is 646. The molecule has 0 radical (unpaired) electrons. The molecular formula is C17H19NO2. The van der Waals surface area contributed by atoms with Gasteiger partial charge in [0.05, 0.1) is 5.56 Å². The van der Waals surface area contributed by atoms with Crippen molar-refractivity contribution in [3.05, 3.63) is 42.0 Å². The van der Waals surface area contributed by atoms with Crippen LogP contribution in [0.2, 0.25) is 0 Å². The van der Waals surface area contributed by atoms with Crippen LogP contribution in [-0.4, -0.2) is 17.1 Å². The van der Waals surface area contributed by atoms with Crippen LogP contribution in [0.25, 0.3) is 10.8 Å². The molecule has 2 aromatic rings. The van der Waals surface area contributed by atoms with Crippen molar-refractivity contribution in [2.24, 2.45) is 5.92 Å². The van der Waals surface area contributed by atoms with Gasteiger partial charge in [-0.2, -0.15) is 0 Å². The Balaban J connectivity index is 1.80. The number of fused-ring (bicyclic) bond motifs is 1. The standard InChI is InChI=1S/C17H19NO2/c1-11(8-12-6-7-12)18-17(20)15-9-13-4-2-3-5-14(13)10-16(15)19/h2-5,9-12,19H,6-8H2,1H3,(H,18,20). The van der Waals surface area contributed by atoms with E-state index in [1.807, 2.05) is 31.2 Å². The zero-order valence-electron chi connectivity index (χ0n) is 11.6. The lowest BCUT2D eigenvalue weighted by Gasteiger charge is -2.14. The van der Waals surface area contributed by atoms with Crippen molar-refractivity contribution in [1.82, 2.24) is 5.32 Å². The highest BCUT2D eigenvalue weighted by Crippen LogP contribution is 2.33. The van der Waals surface area contributed by atoms with Crippen molar-refractivity contribution >= 4 is 16.7 Å². The molecule has 0 spiro atoms. The highest BCUT2D eigenvalue weighted by molar-refractivity contribution is 6.01. The van der Waals surface area contributed by atoms with Crippen LogP contribution < -0.4 is 5.32 Å². The Morgan fingerprint density at radius 3 is 2.60 bits per heavy atom. The van der Waals surface area contributed by atoms with E-state index in [1.165, 1.54) is 12.8 Å². The van der Waals surface area contributed by atoms with Gasteiger partial charge in [-0.25, -0.2) is 0 Å². The zero-order valence-corrected chi connectivity index (χ0v) is 11.6. The maximum atomic E-state index is 12.3. The molecule has 1 unspecified atom stereocenters. The van der Waals surface area contributed by atoms with Crippen molar-refractivity contribution in [3.8, 4) is 5.75 Å². The van der Waals surface area contributed by atoms with E-state index in [9.17, 15) is 9.90 Å². The molecule has 3 rings (SSSR count). The lowest BCUT2D eigenvalue weighted by atomic mass is 10.0. The third-order valence-corrected chi connectivity index (χ3v) is 3.87. The second-order valence-corrected chi connectivity index (χ2v) is 5.77. The predicted molar refractivity (Wildman–Crippen MR) is 79.9 cm³/mol. The summed E-state index contributed by atoms with van der Waals surface area (Å²) >= 11 is 0. The third kappa shape index (κ3) is 2.77. The molecule has 1 aliphatic carbocycles. The van der Waals surface area contributed by atoms with E-state index in [0.717, 1.165) is 23.1 Å². The summed E-state index contributed by atoms with van der Waals surface area (Å²) < 4.78 is 0. The second kappa shape index (κ2) is 5.16. The average molecular weight is 269 g/mol. The molecule has 3 heteroatoms. The molecule has 0 heterocycles. The summed E-state index contributed by atoms with van der Waals surface area (Å²) in [4.78, 5) is 12.3. The fourth-order valence-corrected chi connectivity index (χ4v) is 2.62. The zero-order chi connectivity index (χ0) is 14.1. The number of carbonyl (C=O) groups excluding carboxylic acids is 1. The third-order valence-electron chi connectivity index (χ3n) is 3.87.